The Morgan fingerprint density at radius 2 is 2.22 bits per heavy atom. The van der Waals surface area contributed by atoms with E-state index in [0.29, 0.717) is 24.5 Å². The zero-order chi connectivity index (χ0) is 13.7. The molecule has 0 unspecified atom stereocenters. The molecule has 3 N–H and O–H groups in total. The number of carbonyl (C=O) groups is 1. The van der Waals surface area contributed by atoms with Crippen LogP contribution in [-0.2, 0) is 0 Å². The molecule has 0 radical (unpaired) electrons. The van der Waals surface area contributed by atoms with Crippen LogP contribution in [0, 0.1) is 6.92 Å². The zero-order valence-electron chi connectivity index (χ0n) is 10.9. The number of amides is 1. The Morgan fingerprint density at radius 3 is 2.67 bits per heavy atom. The Morgan fingerprint density at radius 1 is 1.56 bits per heavy atom. The van der Waals surface area contributed by atoms with Gasteiger partial charge in [0.1, 0.15) is 11.6 Å². The highest BCUT2D eigenvalue weighted by Crippen LogP contribution is 2.12. The lowest BCUT2D eigenvalue weighted by Gasteiger charge is -2.25. The molecule has 1 amide bonds. The molecule has 0 aliphatic rings. The van der Waals surface area contributed by atoms with E-state index in [9.17, 15) is 4.79 Å². The topological polar surface area (TPSA) is 92.1 Å². The summed E-state index contributed by atoms with van der Waals surface area (Å²) in [5.74, 6) is 0.909. The molecule has 0 saturated carbocycles. The van der Waals surface area contributed by atoms with E-state index in [2.05, 4.69) is 5.16 Å². The van der Waals surface area contributed by atoms with Crippen LogP contribution in [0.4, 0.5) is 0 Å². The van der Waals surface area contributed by atoms with Gasteiger partial charge in [0.15, 0.2) is 5.76 Å². The molecule has 0 aliphatic carbocycles. The SMILES string of the molecule is Cc1ccc(C(=O)N(CC/C(N)=N/O)C(C)C)o1. The van der Waals surface area contributed by atoms with Gasteiger partial charge in [-0.1, -0.05) is 5.16 Å². The summed E-state index contributed by atoms with van der Waals surface area (Å²) in [4.78, 5) is 13.8. The fourth-order valence-electron chi connectivity index (χ4n) is 1.57. The van der Waals surface area contributed by atoms with Crippen LogP contribution in [0.25, 0.3) is 0 Å². The quantitative estimate of drug-likeness (QED) is 0.360. The molecule has 0 bridgehead atoms. The van der Waals surface area contributed by atoms with Gasteiger partial charge >= 0.3 is 0 Å². The Bertz CT molecular complexity index is 438. The molecule has 18 heavy (non-hydrogen) atoms. The van der Waals surface area contributed by atoms with E-state index in [4.69, 9.17) is 15.4 Å². The van der Waals surface area contributed by atoms with E-state index in [1.165, 1.54) is 0 Å². The van der Waals surface area contributed by atoms with Crippen molar-refractivity contribution >= 4 is 11.7 Å². The molecule has 0 saturated heterocycles. The first-order valence-corrected chi connectivity index (χ1v) is 5.79. The van der Waals surface area contributed by atoms with Gasteiger partial charge in [-0.3, -0.25) is 4.79 Å². The van der Waals surface area contributed by atoms with E-state index >= 15 is 0 Å². The summed E-state index contributed by atoms with van der Waals surface area (Å²) in [7, 11) is 0. The van der Waals surface area contributed by atoms with E-state index in [1.54, 1.807) is 24.0 Å². The first-order valence-electron chi connectivity index (χ1n) is 5.79. The molecule has 0 aromatic carbocycles. The molecule has 1 heterocycles. The Balaban J connectivity index is 2.76. The van der Waals surface area contributed by atoms with Crippen molar-refractivity contribution in [3.8, 4) is 0 Å². The van der Waals surface area contributed by atoms with Crippen molar-refractivity contribution in [3.05, 3.63) is 23.7 Å². The van der Waals surface area contributed by atoms with Crippen LogP contribution in [0.1, 0.15) is 36.6 Å². The highest BCUT2D eigenvalue weighted by molar-refractivity contribution is 5.92. The summed E-state index contributed by atoms with van der Waals surface area (Å²) in [6.07, 6.45) is 0.320. The lowest BCUT2D eigenvalue weighted by molar-refractivity contribution is 0.0677. The van der Waals surface area contributed by atoms with Crippen molar-refractivity contribution < 1.29 is 14.4 Å². The summed E-state index contributed by atoms with van der Waals surface area (Å²) >= 11 is 0. The van der Waals surface area contributed by atoms with Crippen molar-refractivity contribution in [1.29, 1.82) is 0 Å². The lowest BCUT2D eigenvalue weighted by atomic mass is 10.2. The lowest BCUT2D eigenvalue weighted by Crippen LogP contribution is -2.39. The number of amidine groups is 1. The van der Waals surface area contributed by atoms with Crippen molar-refractivity contribution in [1.82, 2.24) is 4.90 Å². The summed E-state index contributed by atoms with van der Waals surface area (Å²) in [5.41, 5.74) is 5.40. The zero-order valence-corrected chi connectivity index (χ0v) is 10.9. The van der Waals surface area contributed by atoms with Gasteiger partial charge in [-0.05, 0) is 32.9 Å². The number of nitrogens with zero attached hydrogens (tertiary/aromatic N) is 2. The molecule has 1 aromatic rings. The number of rotatable bonds is 5. The first kappa shape index (κ1) is 14.1. The van der Waals surface area contributed by atoms with Crippen molar-refractivity contribution in [2.75, 3.05) is 6.54 Å². The van der Waals surface area contributed by atoms with Crippen LogP contribution in [0.15, 0.2) is 21.7 Å². The van der Waals surface area contributed by atoms with E-state index in [-0.39, 0.29) is 17.8 Å². The Labute approximate surface area is 106 Å². The predicted octanol–water partition coefficient (Wildman–Crippen LogP) is 1.58. The van der Waals surface area contributed by atoms with Gasteiger partial charge in [0.25, 0.3) is 5.91 Å². The first-order chi connectivity index (χ1) is 8.45. The molecular formula is C12H19N3O3. The van der Waals surface area contributed by atoms with Gasteiger partial charge in [-0.25, -0.2) is 0 Å². The van der Waals surface area contributed by atoms with Crippen LogP contribution in [-0.4, -0.2) is 34.4 Å². The highest BCUT2D eigenvalue weighted by atomic mass is 16.4. The standard InChI is InChI=1S/C12H19N3O3/c1-8(2)15(7-6-11(13)14-17)12(16)10-5-4-9(3)18-10/h4-5,8,17H,6-7H2,1-3H3,(H2,13,14). The number of hydrogen-bond donors (Lipinski definition) is 2. The fourth-order valence-corrected chi connectivity index (χ4v) is 1.57. The fraction of sp³-hybridized carbons (Fsp3) is 0.500. The summed E-state index contributed by atoms with van der Waals surface area (Å²) in [5, 5.41) is 11.4. The van der Waals surface area contributed by atoms with Crippen LogP contribution in [0.2, 0.25) is 0 Å². The maximum atomic E-state index is 12.2. The monoisotopic (exact) mass is 253 g/mol. The van der Waals surface area contributed by atoms with Crippen molar-refractivity contribution in [3.63, 3.8) is 0 Å². The van der Waals surface area contributed by atoms with E-state index in [0.717, 1.165) is 0 Å². The number of hydrogen-bond acceptors (Lipinski definition) is 4. The third-order valence-corrected chi connectivity index (χ3v) is 2.57. The third-order valence-electron chi connectivity index (χ3n) is 2.57. The second kappa shape index (κ2) is 6.09. The third kappa shape index (κ3) is 3.51. The minimum atomic E-state index is -0.191. The molecule has 100 valence electrons. The van der Waals surface area contributed by atoms with Gasteiger partial charge < -0.3 is 20.3 Å². The average molecular weight is 253 g/mol. The average Bonchev–Trinajstić information content (AvgIpc) is 2.75. The minimum absolute atomic E-state index is 0.00870. The molecule has 0 aliphatic heterocycles. The number of carbonyl (C=O) groups excluding carboxylic acids is 1. The van der Waals surface area contributed by atoms with Crippen LogP contribution >= 0.6 is 0 Å². The Kier molecular flexibility index (Phi) is 4.76. The van der Waals surface area contributed by atoms with Crippen molar-refractivity contribution in [2.24, 2.45) is 10.9 Å². The molecule has 1 aromatic heterocycles. The smallest absolute Gasteiger partial charge is 0.289 e. The summed E-state index contributed by atoms with van der Waals surface area (Å²) in [6, 6.07) is 3.40. The van der Waals surface area contributed by atoms with Crippen LogP contribution < -0.4 is 5.73 Å². The number of oxime groups is 1. The summed E-state index contributed by atoms with van der Waals surface area (Å²) in [6.45, 7) is 5.97. The van der Waals surface area contributed by atoms with Gasteiger partial charge in [-0.2, -0.15) is 0 Å². The molecule has 0 fully saturated rings. The molecular weight excluding hydrogens is 234 g/mol. The molecule has 6 heteroatoms. The maximum Gasteiger partial charge on any atom is 0.289 e. The van der Waals surface area contributed by atoms with Gasteiger partial charge in [0, 0.05) is 19.0 Å². The second-order valence-electron chi connectivity index (χ2n) is 4.34. The summed E-state index contributed by atoms with van der Waals surface area (Å²) < 4.78 is 5.31. The molecule has 0 atom stereocenters. The van der Waals surface area contributed by atoms with Gasteiger partial charge in [0.05, 0.1) is 0 Å². The van der Waals surface area contributed by atoms with Crippen LogP contribution in [0.3, 0.4) is 0 Å². The normalized spacial score (nSPS) is 11.9. The molecule has 6 nitrogen and oxygen atoms in total. The highest BCUT2D eigenvalue weighted by Gasteiger charge is 2.21. The van der Waals surface area contributed by atoms with Crippen molar-refractivity contribution in [2.45, 2.75) is 33.2 Å². The Hall–Kier alpha value is -1.98. The molecule has 1 rings (SSSR count). The van der Waals surface area contributed by atoms with Gasteiger partial charge in [-0.15, -0.1) is 0 Å². The molecule has 0 spiro atoms. The minimum Gasteiger partial charge on any atom is -0.456 e. The van der Waals surface area contributed by atoms with E-state index in [1.807, 2.05) is 13.8 Å². The van der Waals surface area contributed by atoms with Crippen LogP contribution in [0.5, 0.6) is 0 Å². The largest absolute Gasteiger partial charge is 0.456 e. The maximum absolute atomic E-state index is 12.2. The number of aryl methyl sites for hydroxylation is 1. The second-order valence-corrected chi connectivity index (χ2v) is 4.34. The van der Waals surface area contributed by atoms with E-state index < -0.39 is 0 Å². The van der Waals surface area contributed by atoms with Gasteiger partial charge in [0.2, 0.25) is 0 Å². The number of furan rings is 1. The predicted molar refractivity (Wildman–Crippen MR) is 67.6 cm³/mol. The number of nitrogens with two attached hydrogens (primary N) is 1.